The van der Waals surface area contributed by atoms with Crippen LogP contribution in [0.15, 0.2) is 42.5 Å². The van der Waals surface area contributed by atoms with E-state index in [0.717, 1.165) is 30.4 Å². The molecule has 0 aliphatic carbocycles. The number of unbranched alkanes of at least 4 members (excludes halogenated alkanes) is 9. The molecule has 0 saturated heterocycles. The van der Waals surface area contributed by atoms with E-state index in [9.17, 15) is 5.11 Å². The number of rotatable bonds is 14. The Kier molecular flexibility index (Phi) is 10.8. The smallest absolute Gasteiger partial charge is 0.123 e. The van der Waals surface area contributed by atoms with Gasteiger partial charge < -0.3 is 5.11 Å². The normalized spacial score (nSPS) is 11.1. The Balaban J connectivity index is 1.90. The summed E-state index contributed by atoms with van der Waals surface area (Å²) >= 11 is 0. The maximum atomic E-state index is 10.6. The van der Waals surface area contributed by atoms with E-state index in [-0.39, 0.29) is 0 Å². The van der Waals surface area contributed by atoms with Crippen molar-refractivity contribution < 1.29 is 5.11 Å². The second kappa shape index (κ2) is 13.4. The number of phenolic OH excluding ortho intramolecular Hbond substituents is 1. The lowest BCUT2D eigenvalue weighted by Gasteiger charge is -2.17. The molecule has 0 amide bonds. The van der Waals surface area contributed by atoms with Gasteiger partial charge in [0.05, 0.1) is 0 Å². The average Bonchev–Trinajstić information content (AvgIpc) is 2.72. The summed E-state index contributed by atoms with van der Waals surface area (Å²) in [5, 5.41) is 10.6. The summed E-state index contributed by atoms with van der Waals surface area (Å²) in [6, 6.07) is 14.4. The van der Waals surface area contributed by atoms with Gasteiger partial charge in [0.1, 0.15) is 5.75 Å². The Morgan fingerprint density at radius 3 is 1.82 bits per heavy atom. The zero-order valence-corrected chi connectivity index (χ0v) is 18.2. The van der Waals surface area contributed by atoms with Gasteiger partial charge in [0.2, 0.25) is 0 Å². The molecule has 2 rings (SSSR count). The molecule has 0 aliphatic heterocycles. The number of aryl methyl sites for hydroxylation is 1. The highest BCUT2D eigenvalue weighted by molar-refractivity contribution is 5.75. The first kappa shape index (κ1) is 22.5. The van der Waals surface area contributed by atoms with Crippen molar-refractivity contribution in [2.45, 2.75) is 97.3 Å². The SMILES string of the molecule is CCCCCCCCCCCCc1c(CCC)ccc(O)c1-c1ccccc1. The molecule has 2 aromatic rings. The lowest BCUT2D eigenvalue weighted by atomic mass is 9.89. The predicted molar refractivity (Wildman–Crippen MR) is 123 cm³/mol. The molecule has 154 valence electrons. The highest BCUT2D eigenvalue weighted by Gasteiger charge is 2.14. The topological polar surface area (TPSA) is 20.2 Å². The van der Waals surface area contributed by atoms with Crippen LogP contribution >= 0.6 is 0 Å². The van der Waals surface area contributed by atoms with Crippen LogP contribution in [0.3, 0.4) is 0 Å². The zero-order valence-electron chi connectivity index (χ0n) is 18.2. The summed E-state index contributed by atoms with van der Waals surface area (Å²) in [6.45, 7) is 4.51. The Labute approximate surface area is 173 Å². The monoisotopic (exact) mass is 380 g/mol. The molecule has 1 N–H and O–H groups in total. The molecule has 0 radical (unpaired) electrons. The van der Waals surface area contributed by atoms with Crippen LogP contribution in [0.25, 0.3) is 11.1 Å². The molecule has 0 saturated carbocycles. The molecule has 0 fully saturated rings. The number of phenols is 1. The number of hydrogen-bond donors (Lipinski definition) is 1. The van der Waals surface area contributed by atoms with Crippen molar-refractivity contribution in [1.29, 1.82) is 0 Å². The van der Waals surface area contributed by atoms with Crippen molar-refractivity contribution in [3.8, 4) is 16.9 Å². The fraction of sp³-hybridized carbons (Fsp3) is 0.556. The van der Waals surface area contributed by atoms with Crippen molar-refractivity contribution in [2.75, 3.05) is 0 Å². The van der Waals surface area contributed by atoms with E-state index < -0.39 is 0 Å². The molecule has 0 unspecified atom stereocenters. The van der Waals surface area contributed by atoms with Crippen LogP contribution in [0, 0.1) is 0 Å². The van der Waals surface area contributed by atoms with Gasteiger partial charge in [0.25, 0.3) is 0 Å². The number of hydrogen-bond acceptors (Lipinski definition) is 1. The van der Waals surface area contributed by atoms with Gasteiger partial charge in [-0.15, -0.1) is 0 Å². The minimum Gasteiger partial charge on any atom is -0.507 e. The summed E-state index contributed by atoms with van der Waals surface area (Å²) in [5.41, 5.74) is 4.98. The molecular formula is C27H40O. The Hall–Kier alpha value is -1.76. The summed E-state index contributed by atoms with van der Waals surface area (Å²) < 4.78 is 0. The van der Waals surface area contributed by atoms with E-state index in [1.807, 2.05) is 12.1 Å². The molecule has 1 heteroatoms. The highest BCUT2D eigenvalue weighted by atomic mass is 16.3. The zero-order chi connectivity index (χ0) is 20.0. The van der Waals surface area contributed by atoms with Crippen molar-refractivity contribution in [3.05, 3.63) is 53.6 Å². The third kappa shape index (κ3) is 7.34. The predicted octanol–water partition coefficient (Wildman–Crippen LogP) is 8.48. The minimum atomic E-state index is 0.424. The maximum Gasteiger partial charge on any atom is 0.123 e. The first-order chi connectivity index (χ1) is 13.8. The summed E-state index contributed by atoms with van der Waals surface area (Å²) in [4.78, 5) is 0. The third-order valence-electron chi connectivity index (χ3n) is 5.75. The lowest BCUT2D eigenvalue weighted by molar-refractivity contribution is 0.476. The first-order valence-corrected chi connectivity index (χ1v) is 11.7. The van der Waals surface area contributed by atoms with Crippen molar-refractivity contribution in [1.82, 2.24) is 0 Å². The van der Waals surface area contributed by atoms with Crippen molar-refractivity contribution in [2.24, 2.45) is 0 Å². The van der Waals surface area contributed by atoms with Crippen LogP contribution in [0.1, 0.15) is 95.6 Å². The molecule has 0 atom stereocenters. The van der Waals surface area contributed by atoms with Crippen LogP contribution in [0.2, 0.25) is 0 Å². The van der Waals surface area contributed by atoms with E-state index in [4.69, 9.17) is 0 Å². The van der Waals surface area contributed by atoms with E-state index in [1.54, 1.807) is 0 Å². The van der Waals surface area contributed by atoms with Gasteiger partial charge in [-0.3, -0.25) is 0 Å². The first-order valence-electron chi connectivity index (χ1n) is 11.7. The number of benzene rings is 2. The maximum absolute atomic E-state index is 10.6. The lowest BCUT2D eigenvalue weighted by Crippen LogP contribution is -1.99. The van der Waals surface area contributed by atoms with Gasteiger partial charge in [0.15, 0.2) is 0 Å². The molecule has 2 aromatic carbocycles. The second-order valence-corrected chi connectivity index (χ2v) is 8.15. The van der Waals surface area contributed by atoms with Gasteiger partial charge in [-0.2, -0.15) is 0 Å². The minimum absolute atomic E-state index is 0.424. The fourth-order valence-electron chi connectivity index (χ4n) is 4.18. The largest absolute Gasteiger partial charge is 0.507 e. The standard InChI is InChI=1S/C27H40O/c1-3-5-6-7-8-9-10-11-12-16-20-25-23(17-4-2)21-22-26(28)27(25)24-18-14-13-15-19-24/h13-15,18-19,21-22,28H,3-12,16-17,20H2,1-2H3. The van der Waals surface area contributed by atoms with Crippen LogP contribution in [-0.4, -0.2) is 5.11 Å². The summed E-state index contributed by atoms with van der Waals surface area (Å²) in [5.74, 6) is 0.424. The van der Waals surface area contributed by atoms with Crippen molar-refractivity contribution >= 4 is 0 Å². The van der Waals surface area contributed by atoms with Gasteiger partial charge in [-0.05, 0) is 42.0 Å². The van der Waals surface area contributed by atoms with E-state index in [0.29, 0.717) is 5.75 Å². The molecule has 0 aromatic heterocycles. The molecule has 0 spiro atoms. The Morgan fingerprint density at radius 1 is 0.607 bits per heavy atom. The van der Waals surface area contributed by atoms with Crippen LogP contribution < -0.4 is 0 Å². The van der Waals surface area contributed by atoms with Gasteiger partial charge in [0, 0.05) is 5.56 Å². The van der Waals surface area contributed by atoms with E-state index >= 15 is 0 Å². The van der Waals surface area contributed by atoms with E-state index in [1.165, 1.54) is 75.3 Å². The summed E-state index contributed by atoms with van der Waals surface area (Å²) in [6.07, 6.45) is 16.9. The van der Waals surface area contributed by atoms with Gasteiger partial charge in [-0.25, -0.2) is 0 Å². The Morgan fingerprint density at radius 2 is 1.21 bits per heavy atom. The second-order valence-electron chi connectivity index (χ2n) is 8.15. The van der Waals surface area contributed by atoms with Gasteiger partial charge >= 0.3 is 0 Å². The molecule has 0 bridgehead atoms. The van der Waals surface area contributed by atoms with Gasteiger partial charge in [-0.1, -0.05) is 114 Å². The molecule has 0 aliphatic rings. The van der Waals surface area contributed by atoms with E-state index in [2.05, 4.69) is 44.2 Å². The molecule has 1 nitrogen and oxygen atoms in total. The highest BCUT2D eigenvalue weighted by Crippen LogP contribution is 2.36. The van der Waals surface area contributed by atoms with Crippen LogP contribution in [0.5, 0.6) is 5.75 Å². The average molecular weight is 381 g/mol. The quantitative estimate of drug-likeness (QED) is 0.326. The van der Waals surface area contributed by atoms with Crippen molar-refractivity contribution in [3.63, 3.8) is 0 Å². The molecule has 0 heterocycles. The number of aromatic hydroxyl groups is 1. The summed E-state index contributed by atoms with van der Waals surface area (Å²) in [7, 11) is 0. The van der Waals surface area contributed by atoms with Crippen LogP contribution in [-0.2, 0) is 12.8 Å². The molecule has 28 heavy (non-hydrogen) atoms. The fourth-order valence-corrected chi connectivity index (χ4v) is 4.18. The third-order valence-corrected chi connectivity index (χ3v) is 5.75. The molecular weight excluding hydrogens is 340 g/mol. The van der Waals surface area contributed by atoms with Crippen LogP contribution in [0.4, 0.5) is 0 Å². The Bertz CT molecular complexity index is 659.